The Morgan fingerprint density at radius 1 is 1.05 bits per heavy atom. The van der Waals surface area contributed by atoms with E-state index in [4.69, 9.17) is 4.74 Å². The molecule has 196 valence electrons. The SMILES string of the molecule is CC(C)(C(=O)N1CCOCC1)c1ccc(Nc2nc(-c3c(F)cccc3F)n3c2C(=O)NCC3)cc1.Cl. The molecule has 2 amide bonds. The molecular formula is C26H28ClF2N5O3. The second-order valence-electron chi connectivity index (χ2n) is 9.37. The quantitative estimate of drug-likeness (QED) is 0.522. The number of rotatable bonds is 5. The lowest BCUT2D eigenvalue weighted by Gasteiger charge is -2.34. The molecule has 11 heteroatoms. The summed E-state index contributed by atoms with van der Waals surface area (Å²) < 4.78 is 36.0. The van der Waals surface area contributed by atoms with Crippen LogP contribution in [0.4, 0.5) is 20.3 Å². The first kappa shape index (κ1) is 26.6. The fourth-order valence-electron chi connectivity index (χ4n) is 4.65. The van der Waals surface area contributed by atoms with Gasteiger partial charge in [0.25, 0.3) is 5.91 Å². The van der Waals surface area contributed by atoms with Crippen molar-refractivity contribution in [3.8, 4) is 11.4 Å². The van der Waals surface area contributed by atoms with Crippen LogP contribution in [0.5, 0.6) is 0 Å². The van der Waals surface area contributed by atoms with Crippen molar-refractivity contribution in [1.29, 1.82) is 0 Å². The first-order valence-corrected chi connectivity index (χ1v) is 11.8. The highest BCUT2D eigenvalue weighted by atomic mass is 35.5. The largest absolute Gasteiger partial charge is 0.378 e. The zero-order chi connectivity index (χ0) is 25.4. The first-order valence-electron chi connectivity index (χ1n) is 11.8. The van der Waals surface area contributed by atoms with E-state index < -0.39 is 17.0 Å². The summed E-state index contributed by atoms with van der Waals surface area (Å²) in [6.45, 7) is 6.64. The number of carbonyl (C=O) groups excluding carboxylic acids is 2. The molecule has 2 aliphatic heterocycles. The van der Waals surface area contributed by atoms with Crippen LogP contribution in [-0.4, -0.2) is 59.1 Å². The topological polar surface area (TPSA) is 88.5 Å². The van der Waals surface area contributed by atoms with Gasteiger partial charge < -0.3 is 24.8 Å². The van der Waals surface area contributed by atoms with Crippen LogP contribution in [0.25, 0.3) is 11.4 Å². The molecular weight excluding hydrogens is 504 g/mol. The molecule has 0 radical (unpaired) electrons. The zero-order valence-electron chi connectivity index (χ0n) is 20.5. The normalized spacial score (nSPS) is 15.5. The number of fused-ring (bicyclic) bond motifs is 1. The number of benzene rings is 2. The highest BCUT2D eigenvalue weighted by Gasteiger charge is 2.34. The van der Waals surface area contributed by atoms with Crippen LogP contribution in [0.3, 0.4) is 0 Å². The first-order chi connectivity index (χ1) is 17.3. The third kappa shape index (κ3) is 4.91. The maximum absolute atomic E-state index is 14.5. The van der Waals surface area contributed by atoms with E-state index in [0.717, 1.165) is 17.7 Å². The molecule has 0 atom stereocenters. The number of imidazole rings is 1. The summed E-state index contributed by atoms with van der Waals surface area (Å²) in [5, 5.41) is 5.87. The van der Waals surface area contributed by atoms with Crippen LogP contribution in [0, 0.1) is 11.6 Å². The van der Waals surface area contributed by atoms with Crippen molar-refractivity contribution in [3.05, 3.63) is 65.4 Å². The molecule has 0 unspecified atom stereocenters. The Morgan fingerprint density at radius 2 is 1.70 bits per heavy atom. The number of nitrogens with zero attached hydrogens (tertiary/aromatic N) is 3. The summed E-state index contributed by atoms with van der Waals surface area (Å²) in [7, 11) is 0. The molecule has 8 nitrogen and oxygen atoms in total. The zero-order valence-corrected chi connectivity index (χ0v) is 21.3. The van der Waals surface area contributed by atoms with Gasteiger partial charge in [0.1, 0.15) is 17.5 Å². The minimum Gasteiger partial charge on any atom is -0.378 e. The third-order valence-corrected chi connectivity index (χ3v) is 6.69. The van der Waals surface area contributed by atoms with Crippen molar-refractivity contribution in [2.24, 2.45) is 0 Å². The van der Waals surface area contributed by atoms with E-state index in [2.05, 4.69) is 15.6 Å². The average molecular weight is 532 g/mol. The van der Waals surface area contributed by atoms with E-state index in [0.29, 0.717) is 45.1 Å². The summed E-state index contributed by atoms with van der Waals surface area (Å²) >= 11 is 0. The maximum Gasteiger partial charge on any atom is 0.271 e. The van der Waals surface area contributed by atoms with Gasteiger partial charge >= 0.3 is 0 Å². The van der Waals surface area contributed by atoms with Crippen molar-refractivity contribution in [2.75, 3.05) is 38.2 Å². The second kappa shape index (κ2) is 10.5. The Bertz CT molecular complexity index is 1300. The molecule has 0 aliphatic carbocycles. The molecule has 2 N–H and O–H groups in total. The summed E-state index contributed by atoms with van der Waals surface area (Å²) in [4.78, 5) is 32.0. The van der Waals surface area contributed by atoms with Gasteiger partial charge in [-0.3, -0.25) is 9.59 Å². The Kier molecular flexibility index (Phi) is 7.52. The average Bonchev–Trinajstić information content (AvgIpc) is 3.23. The second-order valence-corrected chi connectivity index (χ2v) is 9.37. The van der Waals surface area contributed by atoms with Crippen molar-refractivity contribution in [1.82, 2.24) is 19.8 Å². The number of hydrogen-bond acceptors (Lipinski definition) is 5. The van der Waals surface area contributed by atoms with Crippen molar-refractivity contribution >= 4 is 35.7 Å². The molecule has 1 aromatic heterocycles. The van der Waals surface area contributed by atoms with Gasteiger partial charge in [-0.2, -0.15) is 0 Å². The number of aromatic nitrogens is 2. The van der Waals surface area contributed by atoms with E-state index in [1.165, 1.54) is 10.6 Å². The van der Waals surface area contributed by atoms with Gasteiger partial charge in [-0.15, -0.1) is 12.4 Å². The van der Waals surface area contributed by atoms with Crippen molar-refractivity contribution in [3.63, 3.8) is 0 Å². The highest BCUT2D eigenvalue weighted by molar-refractivity contribution is 5.99. The Labute approximate surface area is 219 Å². The third-order valence-electron chi connectivity index (χ3n) is 6.69. The van der Waals surface area contributed by atoms with Crippen LogP contribution in [0.2, 0.25) is 0 Å². The molecule has 1 fully saturated rings. The molecule has 1 saturated heterocycles. The van der Waals surface area contributed by atoms with Gasteiger partial charge in [-0.25, -0.2) is 13.8 Å². The molecule has 5 rings (SSSR count). The van der Waals surface area contributed by atoms with Crippen LogP contribution < -0.4 is 10.6 Å². The van der Waals surface area contributed by atoms with Crippen LogP contribution >= 0.6 is 12.4 Å². The molecule has 37 heavy (non-hydrogen) atoms. The van der Waals surface area contributed by atoms with Crippen molar-refractivity contribution in [2.45, 2.75) is 25.8 Å². The summed E-state index contributed by atoms with van der Waals surface area (Å²) in [5.74, 6) is -1.61. The number of anilines is 2. The minimum absolute atomic E-state index is 0. The van der Waals surface area contributed by atoms with E-state index in [-0.39, 0.29) is 47.1 Å². The summed E-state index contributed by atoms with van der Waals surface area (Å²) in [6, 6.07) is 10.9. The number of nitrogens with one attached hydrogen (secondary N) is 2. The summed E-state index contributed by atoms with van der Waals surface area (Å²) in [5.41, 5.74) is 0.640. The van der Waals surface area contributed by atoms with Crippen molar-refractivity contribution < 1.29 is 23.1 Å². The molecule has 2 aliphatic rings. The fourth-order valence-corrected chi connectivity index (χ4v) is 4.65. The smallest absolute Gasteiger partial charge is 0.271 e. The number of ether oxygens (including phenoxy) is 1. The van der Waals surface area contributed by atoms with Gasteiger partial charge in [0.2, 0.25) is 5.91 Å². The standard InChI is InChI=1S/C26H27F2N5O3.ClH/c1-26(2,25(35)32-12-14-36-15-13-32)16-6-8-17(9-7-16)30-22-21-24(34)29-10-11-33(21)23(31-22)20-18(27)4-3-5-19(20)28;/h3-9,30H,10-15H2,1-2H3,(H,29,34);1H. The van der Waals surface area contributed by atoms with E-state index in [9.17, 15) is 18.4 Å². The Balaban J connectivity index is 0.00000320. The van der Waals surface area contributed by atoms with E-state index in [1.54, 1.807) is 12.1 Å². The Morgan fingerprint density at radius 3 is 2.35 bits per heavy atom. The maximum atomic E-state index is 14.5. The molecule has 0 spiro atoms. The van der Waals surface area contributed by atoms with Crippen LogP contribution in [0.1, 0.15) is 29.9 Å². The van der Waals surface area contributed by atoms with Gasteiger partial charge in [0.05, 0.1) is 24.2 Å². The van der Waals surface area contributed by atoms with Gasteiger partial charge in [-0.1, -0.05) is 18.2 Å². The molecule has 0 bridgehead atoms. The number of amides is 2. The number of hydrogen-bond donors (Lipinski definition) is 2. The van der Waals surface area contributed by atoms with Gasteiger partial charge in [0.15, 0.2) is 11.5 Å². The van der Waals surface area contributed by atoms with E-state index in [1.807, 2.05) is 30.9 Å². The molecule has 3 aromatic rings. The van der Waals surface area contributed by atoms with E-state index >= 15 is 0 Å². The lowest BCUT2D eigenvalue weighted by molar-refractivity contribution is -0.140. The predicted molar refractivity (Wildman–Crippen MR) is 137 cm³/mol. The van der Waals surface area contributed by atoms with Gasteiger partial charge in [-0.05, 0) is 43.7 Å². The number of halogens is 3. The molecule has 0 saturated carbocycles. The molecule has 3 heterocycles. The number of carbonyl (C=O) groups is 2. The monoisotopic (exact) mass is 531 g/mol. The highest BCUT2D eigenvalue weighted by Crippen LogP contribution is 2.33. The lowest BCUT2D eigenvalue weighted by atomic mass is 9.83. The summed E-state index contributed by atoms with van der Waals surface area (Å²) in [6.07, 6.45) is 0. The fraction of sp³-hybridized carbons (Fsp3) is 0.346. The predicted octanol–water partition coefficient (Wildman–Crippen LogP) is 3.87. The Hall–Kier alpha value is -3.50. The van der Waals surface area contributed by atoms with Gasteiger partial charge in [0, 0.05) is 31.9 Å². The lowest BCUT2D eigenvalue weighted by Crippen LogP contribution is -2.48. The number of morpholine rings is 1. The van der Waals surface area contributed by atoms with Crippen LogP contribution in [0.15, 0.2) is 42.5 Å². The van der Waals surface area contributed by atoms with Crippen LogP contribution in [-0.2, 0) is 21.5 Å². The molecule has 2 aromatic carbocycles. The minimum atomic E-state index is -0.753.